The first-order valence-corrected chi connectivity index (χ1v) is 6.80. The van der Waals surface area contributed by atoms with E-state index in [9.17, 15) is 14.7 Å². The van der Waals surface area contributed by atoms with Crippen LogP contribution in [0.25, 0.3) is 0 Å². The van der Waals surface area contributed by atoms with Crippen molar-refractivity contribution in [2.75, 3.05) is 11.4 Å². The lowest BCUT2D eigenvalue weighted by atomic mass is 10.1. The number of halogens is 2. The number of hydrogen-bond acceptors (Lipinski definition) is 3. The van der Waals surface area contributed by atoms with Crippen LogP contribution in [0.1, 0.15) is 23.7 Å². The van der Waals surface area contributed by atoms with Gasteiger partial charge in [-0.1, -0.05) is 30.1 Å². The van der Waals surface area contributed by atoms with Gasteiger partial charge < -0.3 is 15.1 Å². The summed E-state index contributed by atoms with van der Waals surface area (Å²) in [5.74, 6) is -2.33. The second-order valence-electron chi connectivity index (χ2n) is 4.65. The van der Waals surface area contributed by atoms with E-state index in [0.717, 1.165) is 0 Å². The van der Waals surface area contributed by atoms with Gasteiger partial charge in [0.2, 0.25) is 4.33 Å². The number of amides is 1. The topological polar surface area (TPSA) is 77.8 Å². The molecular formula is C13H13Cl2NO4. The van der Waals surface area contributed by atoms with Crippen molar-refractivity contribution in [2.24, 2.45) is 5.92 Å². The molecule has 1 atom stereocenters. The number of rotatable bonds is 3. The zero-order valence-corrected chi connectivity index (χ0v) is 12.1. The molecule has 0 saturated carbocycles. The number of nitrogens with zero attached hydrogens (tertiary/aromatic N) is 1. The third-order valence-corrected chi connectivity index (χ3v) is 4.40. The number of carbonyl (C=O) groups is 2. The van der Waals surface area contributed by atoms with Gasteiger partial charge in [0.15, 0.2) is 0 Å². The highest BCUT2D eigenvalue weighted by Gasteiger charge is 2.51. The third-order valence-electron chi connectivity index (χ3n) is 3.46. The molecule has 0 bridgehead atoms. The molecule has 2 N–H and O–H groups in total. The standard InChI is InChI=1S/C13H13Cl2NO4/c1-2-7-6-16(12(20)13(7,14)15)8-3-4-9(11(18)19)10(17)5-8/h3-5,7,17H,2,6H2,1H3,(H,18,19). The summed E-state index contributed by atoms with van der Waals surface area (Å²) in [6, 6.07) is 3.91. The Morgan fingerprint density at radius 1 is 1.50 bits per heavy atom. The summed E-state index contributed by atoms with van der Waals surface area (Å²) in [6.45, 7) is 2.21. The Kier molecular flexibility index (Phi) is 3.84. The van der Waals surface area contributed by atoms with Crippen molar-refractivity contribution >= 4 is 40.8 Å². The average molecular weight is 318 g/mol. The van der Waals surface area contributed by atoms with Crippen LogP contribution in [0, 0.1) is 5.92 Å². The average Bonchev–Trinajstić information content (AvgIpc) is 2.60. The Balaban J connectivity index is 2.36. The maximum absolute atomic E-state index is 12.2. The number of carbonyl (C=O) groups excluding carboxylic acids is 1. The largest absolute Gasteiger partial charge is 0.507 e. The number of carboxylic acid groups (broad SMARTS) is 1. The fourth-order valence-electron chi connectivity index (χ4n) is 2.25. The lowest BCUT2D eigenvalue weighted by molar-refractivity contribution is -0.117. The minimum atomic E-state index is -1.49. The van der Waals surface area contributed by atoms with E-state index in [1.54, 1.807) is 0 Å². The minimum Gasteiger partial charge on any atom is -0.507 e. The number of anilines is 1. The van der Waals surface area contributed by atoms with Gasteiger partial charge in [0.25, 0.3) is 5.91 Å². The second kappa shape index (κ2) is 5.14. The number of carboxylic acids is 1. The Bertz CT molecular complexity index is 573. The molecule has 0 aliphatic carbocycles. The molecule has 1 saturated heterocycles. The Hall–Kier alpha value is -1.46. The van der Waals surface area contributed by atoms with E-state index in [2.05, 4.69) is 0 Å². The van der Waals surface area contributed by atoms with E-state index in [4.69, 9.17) is 28.3 Å². The molecule has 1 heterocycles. The fourth-order valence-corrected chi connectivity index (χ4v) is 2.90. The van der Waals surface area contributed by atoms with Gasteiger partial charge in [-0.25, -0.2) is 4.79 Å². The van der Waals surface area contributed by atoms with Crippen LogP contribution < -0.4 is 4.90 Å². The molecule has 0 radical (unpaired) electrons. The number of aromatic carboxylic acids is 1. The molecule has 1 fully saturated rings. The predicted molar refractivity (Wildman–Crippen MR) is 75.6 cm³/mol. The van der Waals surface area contributed by atoms with Crippen molar-refractivity contribution in [1.29, 1.82) is 0 Å². The maximum Gasteiger partial charge on any atom is 0.339 e. The molecule has 1 unspecified atom stereocenters. The number of aromatic hydroxyl groups is 1. The molecule has 1 aliphatic rings. The van der Waals surface area contributed by atoms with Crippen molar-refractivity contribution in [2.45, 2.75) is 17.7 Å². The number of phenols is 1. The van der Waals surface area contributed by atoms with Crippen LogP contribution in [-0.2, 0) is 4.79 Å². The summed E-state index contributed by atoms with van der Waals surface area (Å²) in [5, 5.41) is 18.5. The minimum absolute atomic E-state index is 0.223. The van der Waals surface area contributed by atoms with Crippen molar-refractivity contribution < 1.29 is 19.8 Å². The van der Waals surface area contributed by atoms with Crippen LogP contribution in [0.15, 0.2) is 18.2 Å². The molecule has 7 heteroatoms. The highest BCUT2D eigenvalue weighted by molar-refractivity contribution is 6.60. The molecule has 108 valence electrons. The summed E-state index contributed by atoms with van der Waals surface area (Å²) in [5.41, 5.74) is 0.148. The Morgan fingerprint density at radius 3 is 2.60 bits per heavy atom. The molecule has 1 aliphatic heterocycles. The Morgan fingerprint density at radius 2 is 2.15 bits per heavy atom. The maximum atomic E-state index is 12.2. The van der Waals surface area contributed by atoms with Gasteiger partial charge >= 0.3 is 5.97 Å². The van der Waals surface area contributed by atoms with E-state index in [-0.39, 0.29) is 11.5 Å². The van der Waals surface area contributed by atoms with Crippen molar-refractivity contribution in [3.63, 3.8) is 0 Å². The predicted octanol–water partition coefficient (Wildman–Crippen LogP) is 2.64. The molecule has 0 spiro atoms. The highest BCUT2D eigenvalue weighted by atomic mass is 35.5. The number of alkyl halides is 2. The van der Waals surface area contributed by atoms with Gasteiger partial charge in [0, 0.05) is 24.2 Å². The smallest absolute Gasteiger partial charge is 0.339 e. The van der Waals surface area contributed by atoms with Gasteiger partial charge in [-0.15, -0.1) is 0 Å². The second-order valence-corrected chi connectivity index (χ2v) is 6.04. The van der Waals surface area contributed by atoms with Gasteiger partial charge in [-0.05, 0) is 18.6 Å². The molecule has 5 nitrogen and oxygen atoms in total. The van der Waals surface area contributed by atoms with E-state index >= 15 is 0 Å². The molecule has 1 aromatic rings. The zero-order valence-electron chi connectivity index (χ0n) is 10.6. The highest BCUT2D eigenvalue weighted by Crippen LogP contribution is 2.43. The lowest BCUT2D eigenvalue weighted by Gasteiger charge is -2.18. The third kappa shape index (κ3) is 2.31. The van der Waals surface area contributed by atoms with Crippen molar-refractivity contribution in [3.8, 4) is 5.75 Å². The molecular weight excluding hydrogens is 305 g/mol. The molecule has 20 heavy (non-hydrogen) atoms. The summed E-state index contributed by atoms with van der Waals surface area (Å²) in [6.07, 6.45) is 0.633. The van der Waals surface area contributed by atoms with Crippen LogP contribution in [0.4, 0.5) is 5.69 Å². The molecule has 1 amide bonds. The van der Waals surface area contributed by atoms with E-state index in [1.165, 1.54) is 23.1 Å². The van der Waals surface area contributed by atoms with Crippen molar-refractivity contribution in [3.05, 3.63) is 23.8 Å². The molecule has 2 rings (SSSR count). The summed E-state index contributed by atoms with van der Waals surface area (Å²) in [7, 11) is 0. The first-order chi connectivity index (χ1) is 9.28. The van der Waals surface area contributed by atoms with E-state index in [0.29, 0.717) is 18.7 Å². The van der Waals surface area contributed by atoms with E-state index in [1.807, 2.05) is 6.92 Å². The normalized spacial score (nSPS) is 21.2. The van der Waals surface area contributed by atoms with E-state index < -0.39 is 22.0 Å². The summed E-state index contributed by atoms with van der Waals surface area (Å²) in [4.78, 5) is 24.4. The first kappa shape index (κ1) is 14.9. The van der Waals surface area contributed by atoms with Crippen LogP contribution in [0.3, 0.4) is 0 Å². The number of hydrogen-bond donors (Lipinski definition) is 2. The van der Waals surface area contributed by atoms with Crippen LogP contribution >= 0.6 is 23.2 Å². The fraction of sp³-hybridized carbons (Fsp3) is 0.385. The van der Waals surface area contributed by atoms with Crippen molar-refractivity contribution in [1.82, 2.24) is 0 Å². The van der Waals surface area contributed by atoms with Gasteiger partial charge in [-0.2, -0.15) is 0 Å². The summed E-state index contributed by atoms with van der Waals surface area (Å²) >= 11 is 12.1. The number of benzene rings is 1. The molecule has 1 aromatic carbocycles. The lowest BCUT2D eigenvalue weighted by Crippen LogP contribution is -2.33. The Labute approximate surface area is 125 Å². The van der Waals surface area contributed by atoms with Gasteiger partial charge in [-0.3, -0.25) is 4.79 Å². The monoisotopic (exact) mass is 317 g/mol. The first-order valence-electron chi connectivity index (χ1n) is 6.05. The summed E-state index contributed by atoms with van der Waals surface area (Å²) < 4.78 is -1.49. The molecule has 0 aromatic heterocycles. The SMILES string of the molecule is CCC1CN(c2ccc(C(=O)O)c(O)c2)C(=O)C1(Cl)Cl. The van der Waals surface area contributed by atoms with Crippen LogP contribution in [-0.4, -0.2) is 33.0 Å². The quantitative estimate of drug-likeness (QED) is 0.840. The van der Waals surface area contributed by atoms with Gasteiger partial charge in [0.1, 0.15) is 11.3 Å². The zero-order chi connectivity index (χ0) is 15.1. The van der Waals surface area contributed by atoms with Crippen LogP contribution in [0.2, 0.25) is 0 Å². The van der Waals surface area contributed by atoms with Gasteiger partial charge in [0.05, 0.1) is 0 Å². The van der Waals surface area contributed by atoms with Crippen LogP contribution in [0.5, 0.6) is 5.75 Å².